The van der Waals surface area contributed by atoms with Crippen molar-refractivity contribution in [1.82, 2.24) is 5.32 Å². The second-order valence-corrected chi connectivity index (χ2v) is 5.31. The van der Waals surface area contributed by atoms with Crippen LogP contribution in [-0.4, -0.2) is 12.5 Å². The van der Waals surface area contributed by atoms with Gasteiger partial charge in [-0.2, -0.15) is 0 Å². The van der Waals surface area contributed by atoms with Gasteiger partial charge in [-0.05, 0) is 24.4 Å². The Morgan fingerprint density at radius 2 is 2.12 bits per heavy atom. The third-order valence-corrected chi connectivity index (χ3v) is 2.76. The van der Waals surface area contributed by atoms with E-state index in [-0.39, 0.29) is 11.3 Å². The van der Waals surface area contributed by atoms with Crippen LogP contribution in [-0.2, 0) is 11.3 Å². The highest BCUT2D eigenvalue weighted by atomic mass is 16.1. The smallest absolute Gasteiger partial charge is 0.220 e. The average Bonchev–Trinajstić information content (AvgIpc) is 2.26. The van der Waals surface area contributed by atoms with Crippen LogP contribution in [0.3, 0.4) is 0 Å². The summed E-state index contributed by atoms with van der Waals surface area (Å²) in [5.41, 5.74) is 7.81. The van der Waals surface area contributed by atoms with Gasteiger partial charge >= 0.3 is 0 Å². The predicted octanol–water partition coefficient (Wildman–Crippen LogP) is 1.99. The number of rotatable bonds is 5. The molecule has 0 saturated heterocycles. The number of hydrogen-bond acceptors (Lipinski definition) is 2. The van der Waals surface area contributed by atoms with E-state index in [1.54, 1.807) is 0 Å². The molecular weight excluding hydrogens is 212 g/mol. The van der Waals surface area contributed by atoms with Gasteiger partial charge in [0.1, 0.15) is 0 Å². The van der Waals surface area contributed by atoms with Crippen LogP contribution in [0, 0.1) is 12.3 Å². The van der Waals surface area contributed by atoms with Gasteiger partial charge in [-0.25, -0.2) is 0 Å². The summed E-state index contributed by atoms with van der Waals surface area (Å²) >= 11 is 0. The molecule has 3 nitrogen and oxygen atoms in total. The SMILES string of the molecule is Cc1cccc(CNC(=O)CC(C)(C)CN)c1. The van der Waals surface area contributed by atoms with E-state index in [1.165, 1.54) is 5.56 Å². The average molecular weight is 234 g/mol. The Labute approximate surface area is 103 Å². The highest BCUT2D eigenvalue weighted by Gasteiger charge is 2.19. The Morgan fingerprint density at radius 1 is 1.41 bits per heavy atom. The van der Waals surface area contributed by atoms with E-state index in [4.69, 9.17) is 5.73 Å². The lowest BCUT2D eigenvalue weighted by atomic mass is 9.89. The number of amides is 1. The van der Waals surface area contributed by atoms with Gasteiger partial charge in [0.25, 0.3) is 0 Å². The van der Waals surface area contributed by atoms with Crippen LogP contribution in [0.2, 0.25) is 0 Å². The molecule has 1 amide bonds. The van der Waals surface area contributed by atoms with Crippen molar-refractivity contribution in [2.45, 2.75) is 33.7 Å². The van der Waals surface area contributed by atoms with Gasteiger partial charge < -0.3 is 11.1 Å². The first-order chi connectivity index (χ1) is 7.93. The molecule has 0 aromatic heterocycles. The lowest BCUT2D eigenvalue weighted by Gasteiger charge is -2.21. The molecule has 0 radical (unpaired) electrons. The first-order valence-corrected chi connectivity index (χ1v) is 5.95. The third kappa shape index (κ3) is 5.00. The van der Waals surface area contributed by atoms with Crippen LogP contribution in [0.25, 0.3) is 0 Å². The van der Waals surface area contributed by atoms with Crippen molar-refractivity contribution in [3.05, 3.63) is 35.4 Å². The van der Waals surface area contributed by atoms with Crippen molar-refractivity contribution >= 4 is 5.91 Å². The Balaban J connectivity index is 2.44. The molecule has 0 aliphatic carbocycles. The summed E-state index contributed by atoms with van der Waals surface area (Å²) in [5, 5.41) is 2.92. The summed E-state index contributed by atoms with van der Waals surface area (Å²) in [6.07, 6.45) is 0.468. The summed E-state index contributed by atoms with van der Waals surface area (Å²) in [4.78, 5) is 11.7. The molecule has 3 heteroatoms. The van der Waals surface area contributed by atoms with Gasteiger partial charge in [-0.3, -0.25) is 4.79 Å². The van der Waals surface area contributed by atoms with Gasteiger partial charge in [-0.15, -0.1) is 0 Å². The van der Waals surface area contributed by atoms with Gasteiger partial charge in [-0.1, -0.05) is 43.7 Å². The van der Waals surface area contributed by atoms with E-state index in [0.717, 1.165) is 5.56 Å². The normalized spacial score (nSPS) is 11.3. The van der Waals surface area contributed by atoms with E-state index in [0.29, 0.717) is 19.5 Å². The monoisotopic (exact) mass is 234 g/mol. The van der Waals surface area contributed by atoms with Crippen LogP contribution >= 0.6 is 0 Å². The van der Waals surface area contributed by atoms with Crippen molar-refractivity contribution in [1.29, 1.82) is 0 Å². The van der Waals surface area contributed by atoms with Gasteiger partial charge in [0.15, 0.2) is 0 Å². The number of benzene rings is 1. The maximum absolute atomic E-state index is 11.7. The topological polar surface area (TPSA) is 55.1 Å². The highest BCUT2D eigenvalue weighted by Crippen LogP contribution is 2.17. The standard InChI is InChI=1S/C14H22N2O/c1-11-5-4-6-12(7-11)9-16-13(17)8-14(2,3)10-15/h4-7H,8-10,15H2,1-3H3,(H,16,17). The second-order valence-electron chi connectivity index (χ2n) is 5.31. The number of aryl methyl sites for hydroxylation is 1. The molecule has 1 aromatic rings. The number of carbonyl (C=O) groups excluding carboxylic acids is 1. The predicted molar refractivity (Wildman–Crippen MR) is 70.5 cm³/mol. The van der Waals surface area contributed by atoms with Crippen molar-refractivity contribution in [2.75, 3.05) is 6.54 Å². The molecule has 0 unspecified atom stereocenters. The fraction of sp³-hybridized carbons (Fsp3) is 0.500. The minimum atomic E-state index is -0.128. The number of carbonyl (C=O) groups is 1. The zero-order chi connectivity index (χ0) is 12.9. The first kappa shape index (κ1) is 13.7. The molecule has 0 heterocycles. The lowest BCUT2D eigenvalue weighted by molar-refractivity contribution is -0.123. The Hall–Kier alpha value is -1.35. The summed E-state index contributed by atoms with van der Waals surface area (Å²) < 4.78 is 0. The second kappa shape index (κ2) is 5.82. The Kier molecular flexibility index (Phi) is 4.70. The van der Waals surface area contributed by atoms with Gasteiger partial charge in [0.05, 0.1) is 0 Å². The van der Waals surface area contributed by atoms with E-state index < -0.39 is 0 Å². The van der Waals surface area contributed by atoms with Gasteiger partial charge in [0.2, 0.25) is 5.91 Å². The van der Waals surface area contributed by atoms with Crippen LogP contribution < -0.4 is 11.1 Å². The quantitative estimate of drug-likeness (QED) is 0.818. The zero-order valence-corrected chi connectivity index (χ0v) is 10.9. The highest BCUT2D eigenvalue weighted by molar-refractivity contribution is 5.76. The van der Waals surface area contributed by atoms with E-state index in [2.05, 4.69) is 11.4 Å². The summed E-state index contributed by atoms with van der Waals surface area (Å²) in [5.74, 6) is 0.0574. The van der Waals surface area contributed by atoms with Crippen LogP contribution in [0.4, 0.5) is 0 Å². The van der Waals surface area contributed by atoms with E-state index >= 15 is 0 Å². The molecule has 0 fully saturated rings. The maximum Gasteiger partial charge on any atom is 0.220 e. The molecule has 0 atom stereocenters. The first-order valence-electron chi connectivity index (χ1n) is 5.95. The molecule has 0 bridgehead atoms. The van der Waals surface area contributed by atoms with Crippen molar-refractivity contribution in [2.24, 2.45) is 11.1 Å². The lowest BCUT2D eigenvalue weighted by Crippen LogP contribution is -2.32. The van der Waals surface area contributed by atoms with Crippen molar-refractivity contribution in [3.8, 4) is 0 Å². The molecule has 0 saturated carbocycles. The number of hydrogen-bond donors (Lipinski definition) is 2. The Bertz CT molecular complexity index is 386. The fourth-order valence-corrected chi connectivity index (χ4v) is 1.59. The molecule has 1 aromatic carbocycles. The van der Waals surface area contributed by atoms with E-state index in [9.17, 15) is 4.79 Å². The molecule has 3 N–H and O–H groups in total. The molecule has 1 rings (SSSR count). The van der Waals surface area contributed by atoms with Crippen LogP contribution in [0.15, 0.2) is 24.3 Å². The number of nitrogens with one attached hydrogen (secondary N) is 1. The molecule has 0 aliphatic heterocycles. The minimum Gasteiger partial charge on any atom is -0.352 e. The van der Waals surface area contributed by atoms with E-state index in [1.807, 2.05) is 39.0 Å². The molecular formula is C14H22N2O. The summed E-state index contributed by atoms with van der Waals surface area (Å²) in [7, 11) is 0. The third-order valence-electron chi connectivity index (χ3n) is 2.76. The van der Waals surface area contributed by atoms with Gasteiger partial charge in [0, 0.05) is 13.0 Å². The van der Waals surface area contributed by atoms with Crippen LogP contribution in [0.1, 0.15) is 31.4 Å². The van der Waals surface area contributed by atoms with Crippen molar-refractivity contribution < 1.29 is 4.79 Å². The minimum absolute atomic E-state index is 0.0574. The summed E-state index contributed by atoms with van der Waals surface area (Å²) in [6, 6.07) is 8.14. The molecule has 0 spiro atoms. The number of nitrogens with two attached hydrogens (primary N) is 1. The fourth-order valence-electron chi connectivity index (χ4n) is 1.59. The Morgan fingerprint density at radius 3 is 2.71 bits per heavy atom. The maximum atomic E-state index is 11.7. The summed E-state index contributed by atoms with van der Waals surface area (Å²) in [6.45, 7) is 7.15. The van der Waals surface area contributed by atoms with Crippen LogP contribution in [0.5, 0.6) is 0 Å². The largest absolute Gasteiger partial charge is 0.352 e. The molecule has 17 heavy (non-hydrogen) atoms. The molecule has 0 aliphatic rings. The van der Waals surface area contributed by atoms with Crippen molar-refractivity contribution in [3.63, 3.8) is 0 Å². The molecule has 94 valence electrons. The zero-order valence-electron chi connectivity index (χ0n) is 10.9.